The van der Waals surface area contributed by atoms with E-state index in [1.165, 1.54) is 11.1 Å². The van der Waals surface area contributed by atoms with Crippen LogP contribution in [-0.4, -0.2) is 7.11 Å². The summed E-state index contributed by atoms with van der Waals surface area (Å²) in [5.74, 6) is 2.41. The highest BCUT2D eigenvalue weighted by Crippen LogP contribution is 2.49. The third kappa shape index (κ3) is 4.64. The van der Waals surface area contributed by atoms with Gasteiger partial charge in [-0.25, -0.2) is 0 Å². The fourth-order valence-electron chi connectivity index (χ4n) is 5.17. The predicted octanol–water partition coefficient (Wildman–Crippen LogP) is 8.57. The van der Waals surface area contributed by atoms with E-state index in [1.54, 1.807) is 7.11 Å². The van der Waals surface area contributed by atoms with Gasteiger partial charge in [0.05, 0.1) is 7.11 Å². The maximum atomic E-state index is 6.74. The van der Waals surface area contributed by atoms with Gasteiger partial charge in [0.1, 0.15) is 18.5 Å². The zero-order valence-electron chi connectivity index (χ0n) is 21.6. The number of fused-ring (bicyclic) bond motifs is 3. The van der Waals surface area contributed by atoms with Gasteiger partial charge in [-0.3, -0.25) is 0 Å². The Morgan fingerprint density at radius 1 is 0.684 bits per heavy atom. The van der Waals surface area contributed by atoms with E-state index in [2.05, 4.69) is 91.9 Å². The lowest BCUT2D eigenvalue weighted by Crippen LogP contribution is -2.16. The molecule has 0 saturated heterocycles. The topological polar surface area (TPSA) is 27.7 Å². The fourth-order valence-corrected chi connectivity index (χ4v) is 5.17. The molecule has 0 bridgehead atoms. The Labute approximate surface area is 224 Å². The molecule has 2 atom stereocenters. The molecule has 0 spiro atoms. The first-order valence-corrected chi connectivity index (χ1v) is 13.0. The number of benzene rings is 5. The molecule has 0 N–H and O–H groups in total. The maximum absolute atomic E-state index is 6.74. The van der Waals surface area contributed by atoms with Crippen molar-refractivity contribution in [1.82, 2.24) is 0 Å². The first-order valence-electron chi connectivity index (χ1n) is 13.0. The highest BCUT2D eigenvalue weighted by molar-refractivity contribution is 5.79. The molecule has 5 aromatic rings. The third-order valence-corrected chi connectivity index (χ3v) is 7.30. The van der Waals surface area contributed by atoms with Crippen LogP contribution in [0.15, 0.2) is 121 Å². The van der Waals surface area contributed by atoms with Crippen LogP contribution in [0.4, 0.5) is 0 Å². The Morgan fingerprint density at radius 2 is 1.37 bits per heavy atom. The molecule has 3 heteroatoms. The lowest BCUT2D eigenvalue weighted by molar-refractivity contribution is 0.238. The third-order valence-electron chi connectivity index (χ3n) is 7.30. The van der Waals surface area contributed by atoms with Gasteiger partial charge >= 0.3 is 0 Å². The maximum Gasteiger partial charge on any atom is 0.165 e. The van der Waals surface area contributed by atoms with Crippen molar-refractivity contribution in [3.63, 3.8) is 0 Å². The zero-order chi connectivity index (χ0) is 25.9. The second kappa shape index (κ2) is 10.5. The van der Waals surface area contributed by atoms with Crippen molar-refractivity contribution in [2.24, 2.45) is 0 Å². The van der Waals surface area contributed by atoms with Crippen molar-refractivity contribution >= 4 is 0 Å². The Bertz CT molecular complexity index is 1530. The summed E-state index contributed by atoms with van der Waals surface area (Å²) in [6, 6.07) is 42.0. The average molecular weight is 499 g/mol. The summed E-state index contributed by atoms with van der Waals surface area (Å²) in [5.41, 5.74) is 8.09. The summed E-state index contributed by atoms with van der Waals surface area (Å²) in [6.45, 7) is 2.71. The normalized spacial score (nSPS) is 14.5. The van der Waals surface area contributed by atoms with Crippen LogP contribution in [-0.2, 0) is 6.61 Å². The van der Waals surface area contributed by atoms with Crippen molar-refractivity contribution in [2.45, 2.75) is 25.6 Å². The van der Waals surface area contributed by atoms with E-state index in [9.17, 15) is 0 Å². The first-order chi connectivity index (χ1) is 18.7. The van der Waals surface area contributed by atoms with Crippen molar-refractivity contribution < 1.29 is 14.2 Å². The summed E-state index contributed by atoms with van der Waals surface area (Å²) in [7, 11) is 1.68. The summed E-state index contributed by atoms with van der Waals surface area (Å²) in [4.78, 5) is 0. The molecule has 6 rings (SSSR count). The van der Waals surface area contributed by atoms with Crippen molar-refractivity contribution in [3.05, 3.63) is 149 Å². The molecule has 0 aliphatic carbocycles. The van der Waals surface area contributed by atoms with Crippen LogP contribution in [0, 0.1) is 0 Å². The minimum Gasteiger partial charge on any atom is -0.493 e. The number of hydrogen-bond acceptors (Lipinski definition) is 3. The van der Waals surface area contributed by atoms with E-state index in [0.717, 1.165) is 33.6 Å². The minimum atomic E-state index is -0.225. The summed E-state index contributed by atoms with van der Waals surface area (Å²) >= 11 is 0. The van der Waals surface area contributed by atoms with Crippen LogP contribution in [0.1, 0.15) is 46.8 Å². The number of rotatable bonds is 7. The van der Waals surface area contributed by atoms with Gasteiger partial charge in [0, 0.05) is 23.1 Å². The Hall–Kier alpha value is -4.50. The largest absolute Gasteiger partial charge is 0.493 e. The molecule has 2 unspecified atom stereocenters. The lowest BCUT2D eigenvalue weighted by Gasteiger charge is -2.31. The number of ether oxygens (including phenoxy) is 3. The molecule has 0 amide bonds. The molecule has 0 saturated carbocycles. The molecule has 3 nitrogen and oxygen atoms in total. The van der Waals surface area contributed by atoms with E-state index in [4.69, 9.17) is 14.2 Å². The molecule has 5 aromatic carbocycles. The fraction of sp³-hybridized carbons (Fsp3) is 0.143. The average Bonchev–Trinajstić information content (AvgIpc) is 3.00. The molecule has 0 fully saturated rings. The monoisotopic (exact) mass is 498 g/mol. The lowest BCUT2D eigenvalue weighted by atomic mass is 9.84. The van der Waals surface area contributed by atoms with Gasteiger partial charge in [0.25, 0.3) is 0 Å². The van der Waals surface area contributed by atoms with Crippen LogP contribution in [0.25, 0.3) is 11.1 Å². The molecular formula is C35H30O3. The van der Waals surface area contributed by atoms with E-state index in [0.29, 0.717) is 18.1 Å². The summed E-state index contributed by atoms with van der Waals surface area (Å²) in [6.07, 6.45) is -0.225. The van der Waals surface area contributed by atoms with Gasteiger partial charge in [0.15, 0.2) is 11.5 Å². The van der Waals surface area contributed by atoms with Gasteiger partial charge in [0.2, 0.25) is 0 Å². The van der Waals surface area contributed by atoms with Crippen molar-refractivity contribution in [1.29, 1.82) is 0 Å². The molecule has 38 heavy (non-hydrogen) atoms. The molecule has 1 heterocycles. The molecular weight excluding hydrogens is 468 g/mol. The van der Waals surface area contributed by atoms with Crippen molar-refractivity contribution in [3.8, 4) is 28.4 Å². The van der Waals surface area contributed by atoms with Gasteiger partial charge in [-0.15, -0.1) is 0 Å². The SMILES string of the molecule is COc1cc2c(cc1OCc1ccccc1)OC(c1ccccc1)c1cc(C(C)c3ccccc3)ccc1-2. The number of methoxy groups -OCH3 is 1. The van der Waals surface area contributed by atoms with Crippen LogP contribution >= 0.6 is 0 Å². The smallest absolute Gasteiger partial charge is 0.165 e. The summed E-state index contributed by atoms with van der Waals surface area (Å²) < 4.78 is 18.7. The second-order valence-electron chi connectivity index (χ2n) is 9.66. The minimum absolute atomic E-state index is 0.225. The summed E-state index contributed by atoms with van der Waals surface area (Å²) in [5, 5.41) is 0. The molecule has 0 aromatic heterocycles. The Balaban J connectivity index is 1.43. The van der Waals surface area contributed by atoms with Crippen LogP contribution in [0.3, 0.4) is 0 Å². The van der Waals surface area contributed by atoms with E-state index in [-0.39, 0.29) is 12.0 Å². The van der Waals surface area contributed by atoms with Crippen molar-refractivity contribution in [2.75, 3.05) is 7.11 Å². The second-order valence-corrected chi connectivity index (χ2v) is 9.66. The van der Waals surface area contributed by atoms with E-state index < -0.39 is 0 Å². The Morgan fingerprint density at radius 3 is 2.08 bits per heavy atom. The molecule has 1 aliphatic heterocycles. The molecule has 1 aliphatic rings. The van der Waals surface area contributed by atoms with Gasteiger partial charge in [-0.2, -0.15) is 0 Å². The van der Waals surface area contributed by atoms with E-state index >= 15 is 0 Å². The van der Waals surface area contributed by atoms with Gasteiger partial charge < -0.3 is 14.2 Å². The molecule has 188 valence electrons. The first kappa shape index (κ1) is 23.9. The Kier molecular flexibility index (Phi) is 6.58. The quantitative estimate of drug-likeness (QED) is 0.225. The highest BCUT2D eigenvalue weighted by Gasteiger charge is 2.30. The highest BCUT2D eigenvalue weighted by atomic mass is 16.5. The predicted molar refractivity (Wildman–Crippen MR) is 152 cm³/mol. The van der Waals surface area contributed by atoms with Crippen LogP contribution in [0.5, 0.6) is 17.2 Å². The van der Waals surface area contributed by atoms with Gasteiger partial charge in [-0.05, 0) is 33.9 Å². The standard InChI is InChI=1S/C35H30O3/c1-24(26-14-8-4-9-15-26)28-18-19-29-30-21-33(36-2)34(37-23-25-12-6-3-7-13-25)22-32(30)38-35(31(29)20-28)27-16-10-5-11-17-27/h3-22,24,35H,23H2,1-2H3. The van der Waals surface area contributed by atoms with Crippen LogP contribution in [0.2, 0.25) is 0 Å². The van der Waals surface area contributed by atoms with E-state index in [1.807, 2.05) is 36.4 Å². The van der Waals surface area contributed by atoms with Crippen LogP contribution < -0.4 is 14.2 Å². The molecule has 0 radical (unpaired) electrons. The van der Waals surface area contributed by atoms with Gasteiger partial charge in [-0.1, -0.05) is 116 Å². The number of hydrogen-bond donors (Lipinski definition) is 0. The zero-order valence-corrected chi connectivity index (χ0v) is 21.6.